The lowest BCUT2D eigenvalue weighted by molar-refractivity contribution is -0.274. The molecule has 2 aromatic rings. The lowest BCUT2D eigenvalue weighted by Gasteiger charge is -2.13. The van der Waals surface area contributed by atoms with E-state index in [0.29, 0.717) is 5.69 Å². The van der Waals surface area contributed by atoms with Crippen molar-refractivity contribution in [3.8, 4) is 5.75 Å². The maximum Gasteiger partial charge on any atom is 0.573 e. The van der Waals surface area contributed by atoms with Gasteiger partial charge in [0.15, 0.2) is 0 Å². The van der Waals surface area contributed by atoms with E-state index in [9.17, 15) is 18.0 Å². The van der Waals surface area contributed by atoms with E-state index >= 15 is 0 Å². The van der Waals surface area contributed by atoms with Gasteiger partial charge in [0, 0.05) is 17.5 Å². The van der Waals surface area contributed by atoms with Crippen molar-refractivity contribution in [3.05, 3.63) is 45.9 Å². The number of carbonyl (C=O) groups is 1. The average Bonchev–Trinajstić information content (AvgIpc) is 2.81. The number of para-hydroxylation sites is 1. The highest BCUT2D eigenvalue weighted by molar-refractivity contribution is 7.09. The van der Waals surface area contributed by atoms with Crippen LogP contribution >= 0.6 is 11.3 Å². The van der Waals surface area contributed by atoms with Crippen LogP contribution in [0.2, 0.25) is 0 Å². The Kier molecular flexibility index (Phi) is 5.02. The Balaban J connectivity index is 1.95. The average molecular weight is 330 g/mol. The van der Waals surface area contributed by atoms with E-state index in [1.165, 1.54) is 29.5 Å². The molecule has 0 unspecified atom stereocenters. The summed E-state index contributed by atoms with van der Waals surface area (Å²) in [4.78, 5) is 15.9. The molecule has 118 valence electrons. The number of nitrogens with zero attached hydrogens (tertiary/aromatic N) is 1. The van der Waals surface area contributed by atoms with Crippen LogP contribution in [0, 0.1) is 6.92 Å². The fourth-order valence-electron chi connectivity index (χ4n) is 1.78. The zero-order valence-electron chi connectivity index (χ0n) is 11.6. The van der Waals surface area contributed by atoms with E-state index in [0.717, 1.165) is 5.01 Å². The number of nitrogens with one attached hydrogen (secondary N) is 1. The first-order valence-corrected chi connectivity index (χ1v) is 7.23. The number of halogens is 3. The van der Waals surface area contributed by atoms with Gasteiger partial charge in [-0.1, -0.05) is 18.2 Å². The van der Waals surface area contributed by atoms with Crippen LogP contribution in [0.5, 0.6) is 5.75 Å². The second-order valence-electron chi connectivity index (χ2n) is 4.47. The zero-order chi connectivity index (χ0) is 16.2. The van der Waals surface area contributed by atoms with Gasteiger partial charge in [-0.2, -0.15) is 0 Å². The molecule has 4 nitrogen and oxygen atoms in total. The van der Waals surface area contributed by atoms with Crippen LogP contribution in [0.15, 0.2) is 29.6 Å². The first kappa shape index (κ1) is 16.3. The second-order valence-corrected chi connectivity index (χ2v) is 5.53. The molecule has 1 amide bonds. The van der Waals surface area contributed by atoms with Crippen LogP contribution in [-0.2, 0) is 17.8 Å². The zero-order valence-corrected chi connectivity index (χ0v) is 12.4. The molecule has 0 aliphatic carbocycles. The second kappa shape index (κ2) is 6.78. The first-order chi connectivity index (χ1) is 10.3. The summed E-state index contributed by atoms with van der Waals surface area (Å²) in [5, 5.41) is 5.19. The minimum atomic E-state index is -4.77. The Hall–Kier alpha value is -2.09. The van der Waals surface area contributed by atoms with E-state index in [-0.39, 0.29) is 30.2 Å². The van der Waals surface area contributed by atoms with Gasteiger partial charge in [-0.3, -0.25) is 4.79 Å². The molecule has 0 bridgehead atoms. The summed E-state index contributed by atoms with van der Waals surface area (Å²) in [6.07, 6.45) is -4.68. The predicted octanol–water partition coefficient (Wildman–Crippen LogP) is 3.21. The van der Waals surface area contributed by atoms with Gasteiger partial charge < -0.3 is 10.1 Å². The molecule has 1 aromatic carbocycles. The molecule has 8 heteroatoms. The Labute approximate surface area is 128 Å². The highest BCUT2D eigenvalue weighted by Crippen LogP contribution is 2.26. The standard InChI is InChI=1S/C14H13F3N2O2S/c1-9-19-11(8-22-9)6-13(20)18-7-10-4-2-3-5-12(10)21-14(15,16)17/h2-5,8H,6-7H2,1H3,(H,18,20). The molecule has 0 radical (unpaired) electrons. The molecule has 0 saturated heterocycles. The molecule has 0 fully saturated rings. The molecule has 1 aromatic heterocycles. The molecular weight excluding hydrogens is 317 g/mol. The van der Waals surface area contributed by atoms with E-state index in [4.69, 9.17) is 0 Å². The topological polar surface area (TPSA) is 51.2 Å². The number of rotatable bonds is 5. The fourth-order valence-corrected chi connectivity index (χ4v) is 2.40. The van der Waals surface area contributed by atoms with E-state index in [2.05, 4.69) is 15.0 Å². The van der Waals surface area contributed by atoms with Crippen LogP contribution in [0.3, 0.4) is 0 Å². The van der Waals surface area contributed by atoms with Crippen molar-refractivity contribution in [2.24, 2.45) is 0 Å². The SMILES string of the molecule is Cc1nc(CC(=O)NCc2ccccc2OC(F)(F)F)cs1. The highest BCUT2D eigenvalue weighted by Gasteiger charge is 2.31. The van der Waals surface area contributed by atoms with Gasteiger partial charge in [-0.15, -0.1) is 24.5 Å². The van der Waals surface area contributed by atoms with Crippen molar-refractivity contribution in [2.45, 2.75) is 26.3 Å². The third kappa shape index (κ3) is 5.03. The highest BCUT2D eigenvalue weighted by atomic mass is 32.1. The molecular formula is C14H13F3N2O2S. The van der Waals surface area contributed by atoms with Crippen molar-refractivity contribution in [1.29, 1.82) is 0 Å². The van der Waals surface area contributed by atoms with Crippen molar-refractivity contribution in [1.82, 2.24) is 10.3 Å². The Bertz CT molecular complexity index is 656. The van der Waals surface area contributed by atoms with Gasteiger partial charge in [0.1, 0.15) is 5.75 Å². The van der Waals surface area contributed by atoms with E-state index in [1.54, 1.807) is 11.4 Å². The first-order valence-electron chi connectivity index (χ1n) is 6.35. The van der Waals surface area contributed by atoms with Crippen molar-refractivity contribution >= 4 is 17.2 Å². The number of benzene rings is 1. The Morgan fingerprint density at radius 1 is 1.36 bits per heavy atom. The Morgan fingerprint density at radius 2 is 2.09 bits per heavy atom. The Morgan fingerprint density at radius 3 is 2.73 bits per heavy atom. The van der Waals surface area contributed by atoms with Crippen molar-refractivity contribution in [3.63, 3.8) is 0 Å². The van der Waals surface area contributed by atoms with Crippen LogP contribution in [0.1, 0.15) is 16.3 Å². The number of aromatic nitrogens is 1. The number of hydrogen-bond acceptors (Lipinski definition) is 4. The molecule has 1 N–H and O–H groups in total. The van der Waals surface area contributed by atoms with Gasteiger partial charge in [0.05, 0.1) is 17.1 Å². The summed E-state index contributed by atoms with van der Waals surface area (Å²) >= 11 is 1.43. The number of hydrogen-bond donors (Lipinski definition) is 1. The summed E-state index contributed by atoms with van der Waals surface area (Å²) in [6.45, 7) is 1.78. The quantitative estimate of drug-likeness (QED) is 0.916. The lowest BCUT2D eigenvalue weighted by atomic mass is 10.2. The predicted molar refractivity (Wildman–Crippen MR) is 75.5 cm³/mol. The van der Waals surface area contributed by atoms with E-state index in [1.807, 2.05) is 6.92 Å². The molecule has 0 aliphatic heterocycles. The van der Waals surface area contributed by atoms with Gasteiger partial charge >= 0.3 is 6.36 Å². The molecule has 0 saturated carbocycles. The minimum Gasteiger partial charge on any atom is -0.405 e. The van der Waals surface area contributed by atoms with Crippen LogP contribution in [0.4, 0.5) is 13.2 Å². The third-order valence-corrected chi connectivity index (χ3v) is 3.50. The summed E-state index contributed by atoms with van der Waals surface area (Å²) in [7, 11) is 0. The summed E-state index contributed by atoms with van der Waals surface area (Å²) in [5.41, 5.74) is 0.891. The number of alkyl halides is 3. The smallest absolute Gasteiger partial charge is 0.405 e. The molecule has 0 atom stereocenters. The number of amides is 1. The van der Waals surface area contributed by atoms with Crippen LogP contribution < -0.4 is 10.1 Å². The lowest BCUT2D eigenvalue weighted by Crippen LogP contribution is -2.25. The van der Waals surface area contributed by atoms with Gasteiger partial charge in [0.25, 0.3) is 0 Å². The number of aryl methyl sites for hydroxylation is 1. The summed E-state index contributed by atoms with van der Waals surface area (Å²) in [5.74, 6) is -0.632. The van der Waals surface area contributed by atoms with Crippen LogP contribution in [-0.4, -0.2) is 17.3 Å². The fraction of sp³-hybridized carbons (Fsp3) is 0.286. The van der Waals surface area contributed by atoms with Crippen molar-refractivity contribution < 1.29 is 22.7 Å². The molecule has 1 heterocycles. The van der Waals surface area contributed by atoms with E-state index < -0.39 is 6.36 Å². The molecule has 0 spiro atoms. The maximum atomic E-state index is 12.3. The minimum absolute atomic E-state index is 0.0474. The maximum absolute atomic E-state index is 12.3. The number of carbonyl (C=O) groups excluding carboxylic acids is 1. The monoisotopic (exact) mass is 330 g/mol. The molecule has 0 aliphatic rings. The summed E-state index contributed by atoms with van der Waals surface area (Å²) < 4.78 is 40.8. The molecule has 2 rings (SSSR count). The third-order valence-electron chi connectivity index (χ3n) is 2.68. The van der Waals surface area contributed by atoms with Crippen LogP contribution in [0.25, 0.3) is 0 Å². The van der Waals surface area contributed by atoms with Gasteiger partial charge in [-0.25, -0.2) is 4.98 Å². The van der Waals surface area contributed by atoms with Crippen molar-refractivity contribution in [2.75, 3.05) is 0 Å². The summed E-state index contributed by atoms with van der Waals surface area (Å²) in [6, 6.07) is 5.69. The normalized spacial score (nSPS) is 11.3. The largest absolute Gasteiger partial charge is 0.573 e. The van der Waals surface area contributed by atoms with Gasteiger partial charge in [0.2, 0.25) is 5.91 Å². The van der Waals surface area contributed by atoms with Gasteiger partial charge in [-0.05, 0) is 13.0 Å². The number of thiazole rings is 1. The number of ether oxygens (including phenoxy) is 1. The molecule has 22 heavy (non-hydrogen) atoms.